The van der Waals surface area contributed by atoms with Crippen LogP contribution in [0.3, 0.4) is 0 Å². The maximum atomic E-state index is 13.0. The van der Waals surface area contributed by atoms with Gasteiger partial charge >= 0.3 is 6.18 Å². The minimum absolute atomic E-state index is 0.181. The van der Waals surface area contributed by atoms with Crippen LogP contribution in [0.25, 0.3) is 11.1 Å². The van der Waals surface area contributed by atoms with E-state index in [9.17, 15) is 13.2 Å². The lowest BCUT2D eigenvalue weighted by Crippen LogP contribution is -2.33. The number of nitrogens with one attached hydrogen (secondary N) is 2. The highest BCUT2D eigenvalue weighted by molar-refractivity contribution is 8.06. The fraction of sp³-hybridized carbons (Fsp3) is 0.469. The van der Waals surface area contributed by atoms with Crippen LogP contribution in [0.1, 0.15) is 44.6 Å². The monoisotopic (exact) mass is 616 g/mol. The zero-order valence-electron chi connectivity index (χ0n) is 25.5. The summed E-state index contributed by atoms with van der Waals surface area (Å²) in [4.78, 5) is 15.4. The molecule has 0 saturated carbocycles. The molecular formula is C32H43F3N6OS. The lowest BCUT2D eigenvalue weighted by atomic mass is 9.94. The molecule has 0 radical (unpaired) electrons. The molecule has 1 aromatic carbocycles. The molecule has 1 aliphatic rings. The van der Waals surface area contributed by atoms with Crippen LogP contribution in [0.2, 0.25) is 0 Å². The van der Waals surface area contributed by atoms with Crippen molar-refractivity contribution in [2.24, 2.45) is 15.9 Å². The number of hydrogen-bond acceptors (Lipinski definition) is 7. The van der Waals surface area contributed by atoms with Gasteiger partial charge in [-0.25, -0.2) is 4.99 Å². The van der Waals surface area contributed by atoms with Crippen molar-refractivity contribution >= 4 is 23.9 Å². The van der Waals surface area contributed by atoms with Crippen LogP contribution in [-0.2, 0) is 6.54 Å². The Labute approximate surface area is 257 Å². The lowest BCUT2D eigenvalue weighted by Gasteiger charge is -2.26. The number of amidine groups is 1. The number of methoxy groups -OCH3 is 1. The molecule has 2 atom stereocenters. The number of ether oxygens (including phenoxy) is 1. The van der Waals surface area contributed by atoms with Gasteiger partial charge in [-0.3, -0.25) is 9.98 Å². The number of pyridine rings is 1. The average molecular weight is 617 g/mol. The van der Waals surface area contributed by atoms with Crippen LogP contribution in [0.4, 0.5) is 13.2 Å². The Bertz CT molecular complexity index is 1260. The van der Waals surface area contributed by atoms with Crippen molar-refractivity contribution in [3.63, 3.8) is 0 Å². The molecule has 2 heterocycles. The van der Waals surface area contributed by atoms with E-state index in [4.69, 9.17) is 9.73 Å². The van der Waals surface area contributed by atoms with Crippen molar-refractivity contribution in [3.8, 4) is 16.9 Å². The number of benzene rings is 1. The summed E-state index contributed by atoms with van der Waals surface area (Å²) < 4.78 is 44.3. The molecule has 0 bridgehead atoms. The second-order valence-corrected chi connectivity index (χ2v) is 12.0. The summed E-state index contributed by atoms with van der Waals surface area (Å²) in [5, 5.41) is 7.06. The van der Waals surface area contributed by atoms with Crippen LogP contribution < -0.4 is 15.4 Å². The summed E-state index contributed by atoms with van der Waals surface area (Å²) in [6, 6.07) is 10.8. The maximum Gasteiger partial charge on any atom is 0.393 e. The normalized spacial score (nSPS) is 17.9. The Morgan fingerprint density at radius 2 is 1.95 bits per heavy atom. The zero-order chi connectivity index (χ0) is 31.2. The van der Waals surface area contributed by atoms with E-state index < -0.39 is 12.6 Å². The van der Waals surface area contributed by atoms with E-state index in [-0.39, 0.29) is 11.3 Å². The quantitative estimate of drug-likeness (QED) is 0.237. The number of hydrogen-bond donors (Lipinski definition) is 2. The molecule has 2 unspecified atom stereocenters. The molecule has 2 N–H and O–H groups in total. The van der Waals surface area contributed by atoms with Gasteiger partial charge in [0.25, 0.3) is 0 Å². The van der Waals surface area contributed by atoms with Crippen molar-refractivity contribution in [2.45, 2.75) is 57.8 Å². The number of halogens is 3. The van der Waals surface area contributed by atoms with Gasteiger partial charge in [0.05, 0.1) is 31.1 Å². The summed E-state index contributed by atoms with van der Waals surface area (Å²) >= 11 is 0.946. The van der Waals surface area contributed by atoms with E-state index in [0.29, 0.717) is 29.4 Å². The SMILES string of the molecule is C=C1N=CNC(=NCCC(CC(CC)NCc2ccc(-c3cncc(OC)c3)cc2)CN(C)C)C/C=C(/CC(F)(F)F)S1. The number of aliphatic imine (C=N–C) groups is 2. The van der Waals surface area contributed by atoms with E-state index in [2.05, 4.69) is 77.4 Å². The number of allylic oxidation sites excluding steroid dienone is 1. The van der Waals surface area contributed by atoms with Crippen LogP contribution >= 0.6 is 11.8 Å². The highest BCUT2D eigenvalue weighted by atomic mass is 32.2. The maximum absolute atomic E-state index is 13.0. The van der Waals surface area contributed by atoms with Gasteiger partial charge in [-0.15, -0.1) is 0 Å². The smallest absolute Gasteiger partial charge is 0.393 e. The number of alkyl halides is 3. The highest BCUT2D eigenvalue weighted by Crippen LogP contribution is 2.35. The summed E-state index contributed by atoms with van der Waals surface area (Å²) in [6.45, 7) is 8.19. The van der Waals surface area contributed by atoms with E-state index >= 15 is 0 Å². The van der Waals surface area contributed by atoms with E-state index in [1.165, 1.54) is 11.9 Å². The molecule has 0 aliphatic carbocycles. The topological polar surface area (TPSA) is 74.1 Å². The molecule has 2 aromatic rings. The van der Waals surface area contributed by atoms with Gasteiger partial charge in [-0.05, 0) is 61.4 Å². The standard InChI is InChI=1S/C32H43F3N6OS/c1-6-28(38-18-24-7-9-26(10-8-24)27-16-29(42-5)20-36-19-27)15-25(21-41(3)4)13-14-37-31-12-11-30(17-32(33,34)35)43-23(2)39-22-40-31/h7-11,16,19-20,22,25,28,38H,2,6,12-15,17-18,21H2,1,3-5H3,(H,37,39,40)/b30-11-. The first kappa shape index (κ1) is 34.3. The van der Waals surface area contributed by atoms with Crippen molar-refractivity contribution in [2.75, 3.05) is 34.3 Å². The van der Waals surface area contributed by atoms with Crippen molar-refractivity contribution in [1.82, 2.24) is 20.5 Å². The van der Waals surface area contributed by atoms with E-state index in [1.54, 1.807) is 19.4 Å². The van der Waals surface area contributed by atoms with Gasteiger partial charge in [0, 0.05) is 43.9 Å². The van der Waals surface area contributed by atoms with Crippen LogP contribution in [0.5, 0.6) is 5.75 Å². The van der Waals surface area contributed by atoms with Gasteiger partial charge in [0.1, 0.15) is 11.6 Å². The Balaban J connectivity index is 1.57. The molecule has 0 amide bonds. The Morgan fingerprint density at radius 1 is 1.19 bits per heavy atom. The third-order valence-electron chi connectivity index (χ3n) is 6.99. The van der Waals surface area contributed by atoms with Gasteiger partial charge in [0.15, 0.2) is 0 Å². The molecule has 1 aliphatic heterocycles. The fourth-order valence-electron chi connectivity index (χ4n) is 4.83. The van der Waals surface area contributed by atoms with Gasteiger partial charge in [0.2, 0.25) is 0 Å². The molecule has 0 spiro atoms. The Kier molecular flexibility index (Phi) is 13.8. The van der Waals surface area contributed by atoms with Crippen molar-refractivity contribution in [1.29, 1.82) is 0 Å². The number of aromatic nitrogens is 1. The second-order valence-electron chi connectivity index (χ2n) is 10.8. The molecule has 234 valence electrons. The minimum Gasteiger partial charge on any atom is -0.495 e. The number of nitrogens with zero attached hydrogens (tertiary/aromatic N) is 4. The first-order chi connectivity index (χ1) is 20.5. The van der Waals surface area contributed by atoms with Gasteiger partial charge < -0.3 is 20.3 Å². The van der Waals surface area contributed by atoms with Crippen molar-refractivity contribution in [3.05, 3.63) is 70.9 Å². The Morgan fingerprint density at radius 3 is 2.63 bits per heavy atom. The number of thioether (sulfide) groups is 1. The molecule has 0 fully saturated rings. The van der Waals surface area contributed by atoms with E-state index in [1.807, 2.05) is 12.3 Å². The minimum atomic E-state index is -4.29. The first-order valence-corrected chi connectivity index (χ1v) is 15.3. The first-order valence-electron chi connectivity index (χ1n) is 14.5. The molecular weight excluding hydrogens is 573 g/mol. The predicted octanol–water partition coefficient (Wildman–Crippen LogP) is 7.04. The Hall–Kier alpha value is -3.15. The molecule has 0 saturated heterocycles. The molecule has 11 heteroatoms. The molecule has 7 nitrogen and oxygen atoms in total. The second kappa shape index (κ2) is 17.2. The predicted molar refractivity (Wildman–Crippen MR) is 172 cm³/mol. The lowest BCUT2D eigenvalue weighted by molar-refractivity contribution is -0.125. The zero-order valence-corrected chi connectivity index (χ0v) is 26.3. The van der Waals surface area contributed by atoms with Crippen LogP contribution in [0.15, 0.2) is 75.3 Å². The molecule has 43 heavy (non-hydrogen) atoms. The summed E-state index contributed by atoms with van der Waals surface area (Å²) in [5.74, 6) is 1.73. The third-order valence-corrected chi connectivity index (χ3v) is 7.91. The summed E-state index contributed by atoms with van der Waals surface area (Å²) in [5.41, 5.74) is 3.31. The van der Waals surface area contributed by atoms with Gasteiger partial charge in [-0.2, -0.15) is 13.2 Å². The van der Waals surface area contributed by atoms with Crippen molar-refractivity contribution < 1.29 is 17.9 Å². The third kappa shape index (κ3) is 12.9. The summed E-state index contributed by atoms with van der Waals surface area (Å²) in [7, 11) is 5.78. The molecule has 1 aromatic heterocycles. The molecule has 3 rings (SSSR count). The van der Waals surface area contributed by atoms with Crippen LogP contribution in [0, 0.1) is 5.92 Å². The summed E-state index contributed by atoms with van der Waals surface area (Å²) in [6.07, 6.45) is 4.39. The highest BCUT2D eigenvalue weighted by Gasteiger charge is 2.29. The largest absolute Gasteiger partial charge is 0.495 e. The number of rotatable bonds is 14. The van der Waals surface area contributed by atoms with Gasteiger partial charge in [-0.1, -0.05) is 55.6 Å². The fourth-order valence-corrected chi connectivity index (χ4v) is 5.64. The van der Waals surface area contributed by atoms with Crippen LogP contribution in [-0.4, -0.2) is 68.6 Å². The average Bonchev–Trinajstić information content (AvgIpc) is 3.04. The van der Waals surface area contributed by atoms with E-state index in [0.717, 1.165) is 61.0 Å².